The van der Waals surface area contributed by atoms with Gasteiger partial charge in [0.05, 0.1) is 13.2 Å². The molecule has 3 rings (SSSR count). The number of amides is 1. The number of ether oxygens (including phenoxy) is 1. The molecule has 1 amide bonds. The highest BCUT2D eigenvalue weighted by molar-refractivity contribution is 5.96. The van der Waals surface area contributed by atoms with Crippen LogP contribution in [0.5, 0.6) is 5.75 Å². The number of halogens is 1. The Kier molecular flexibility index (Phi) is 5.73. The number of anilines is 1. The summed E-state index contributed by atoms with van der Waals surface area (Å²) in [4.78, 5) is 12.7. The van der Waals surface area contributed by atoms with Crippen LogP contribution in [0.2, 0.25) is 0 Å². The molecule has 1 fully saturated rings. The molecule has 0 bridgehead atoms. The second-order valence-corrected chi connectivity index (χ2v) is 6.14. The monoisotopic (exact) mass is 346 g/mol. The predicted molar refractivity (Wildman–Crippen MR) is 98.8 cm³/mol. The quantitative estimate of drug-likeness (QED) is 0.807. The number of benzene rings is 2. The minimum Gasteiger partial charge on any atom is -0.497 e. The molecule has 1 unspecified atom stereocenters. The molecular weight excluding hydrogens is 324 g/mol. The van der Waals surface area contributed by atoms with Gasteiger partial charge in [-0.05, 0) is 61.1 Å². The van der Waals surface area contributed by atoms with Crippen molar-refractivity contribution in [3.63, 3.8) is 0 Å². The molecule has 1 atom stereocenters. The van der Waals surface area contributed by atoms with Crippen LogP contribution in [0.15, 0.2) is 42.5 Å². The van der Waals surface area contributed by atoms with Crippen LogP contribution < -0.4 is 15.8 Å². The van der Waals surface area contributed by atoms with Gasteiger partial charge in [0.15, 0.2) is 0 Å². The van der Waals surface area contributed by atoms with E-state index >= 15 is 0 Å². The smallest absolute Gasteiger partial charge is 0.252 e. The highest BCUT2D eigenvalue weighted by Crippen LogP contribution is 2.41. The fraction of sp³-hybridized carbons (Fsp3) is 0.316. The predicted octanol–water partition coefficient (Wildman–Crippen LogP) is 3.89. The summed E-state index contributed by atoms with van der Waals surface area (Å²) in [6.45, 7) is 1.92. The van der Waals surface area contributed by atoms with Gasteiger partial charge >= 0.3 is 0 Å². The number of carbonyl (C=O) groups excluding carboxylic acids is 1. The van der Waals surface area contributed by atoms with Gasteiger partial charge in [0, 0.05) is 11.3 Å². The molecule has 0 saturated heterocycles. The molecule has 0 aliphatic heterocycles. The van der Waals surface area contributed by atoms with Crippen LogP contribution in [0.1, 0.15) is 40.4 Å². The second-order valence-electron chi connectivity index (χ2n) is 6.14. The molecular formula is C19H23ClN2O2. The van der Waals surface area contributed by atoms with Gasteiger partial charge in [-0.15, -0.1) is 12.4 Å². The minimum atomic E-state index is -0.0671. The van der Waals surface area contributed by atoms with E-state index < -0.39 is 0 Å². The number of nitrogens with two attached hydrogens (primary N) is 1. The minimum absolute atomic E-state index is 0. The first kappa shape index (κ1) is 18.1. The van der Waals surface area contributed by atoms with Crippen molar-refractivity contribution in [2.45, 2.75) is 25.8 Å². The van der Waals surface area contributed by atoms with Crippen molar-refractivity contribution in [1.29, 1.82) is 0 Å². The molecule has 1 aliphatic rings. The van der Waals surface area contributed by atoms with Crippen LogP contribution in [0.25, 0.3) is 0 Å². The first-order chi connectivity index (χ1) is 11.1. The second kappa shape index (κ2) is 7.58. The van der Waals surface area contributed by atoms with Crippen LogP contribution in [0.4, 0.5) is 5.69 Å². The maximum Gasteiger partial charge on any atom is 0.252 e. The zero-order valence-electron chi connectivity index (χ0n) is 13.9. The molecule has 0 heterocycles. The van der Waals surface area contributed by atoms with Crippen LogP contribution >= 0.6 is 12.4 Å². The number of carbonyl (C=O) groups is 1. The highest BCUT2D eigenvalue weighted by Gasteiger charge is 2.33. The van der Waals surface area contributed by atoms with Crippen molar-refractivity contribution in [2.24, 2.45) is 5.92 Å². The van der Waals surface area contributed by atoms with Gasteiger partial charge in [-0.1, -0.05) is 18.2 Å². The number of methoxy groups -OCH3 is 1. The summed E-state index contributed by atoms with van der Waals surface area (Å²) in [7, 11) is 1.65. The summed E-state index contributed by atoms with van der Waals surface area (Å²) in [5.74, 6) is 1.26. The Morgan fingerprint density at radius 3 is 2.46 bits per heavy atom. The van der Waals surface area contributed by atoms with E-state index in [1.165, 1.54) is 0 Å². The summed E-state index contributed by atoms with van der Waals surface area (Å²) in [5, 5.41) is 3.18. The molecule has 24 heavy (non-hydrogen) atoms. The fourth-order valence-corrected chi connectivity index (χ4v) is 2.82. The SMILES string of the molecule is COc1ccc(C(NC(=O)c2cc(N)ccc2C)C2CC2)cc1.Cl. The Balaban J connectivity index is 0.00000208. The van der Waals surface area contributed by atoms with E-state index in [0.717, 1.165) is 29.7 Å². The van der Waals surface area contributed by atoms with E-state index in [1.54, 1.807) is 13.2 Å². The summed E-state index contributed by atoms with van der Waals surface area (Å²) in [6.07, 6.45) is 2.29. The number of hydrogen-bond donors (Lipinski definition) is 2. The zero-order valence-corrected chi connectivity index (χ0v) is 14.7. The van der Waals surface area contributed by atoms with Crippen LogP contribution in [0, 0.1) is 12.8 Å². The highest BCUT2D eigenvalue weighted by atomic mass is 35.5. The van der Waals surface area contributed by atoms with E-state index in [2.05, 4.69) is 5.32 Å². The largest absolute Gasteiger partial charge is 0.497 e. The van der Waals surface area contributed by atoms with Crippen molar-refractivity contribution in [1.82, 2.24) is 5.32 Å². The normalized spacial score (nSPS) is 14.4. The van der Waals surface area contributed by atoms with Gasteiger partial charge < -0.3 is 15.8 Å². The molecule has 1 aliphatic carbocycles. The van der Waals surface area contributed by atoms with Gasteiger partial charge in [0.25, 0.3) is 5.91 Å². The van der Waals surface area contributed by atoms with Crippen molar-refractivity contribution >= 4 is 24.0 Å². The first-order valence-corrected chi connectivity index (χ1v) is 7.89. The van der Waals surface area contributed by atoms with E-state index in [1.807, 2.05) is 43.3 Å². The average molecular weight is 347 g/mol. The number of nitrogen functional groups attached to an aromatic ring is 1. The molecule has 128 valence electrons. The maximum atomic E-state index is 12.7. The van der Waals surface area contributed by atoms with Crippen molar-refractivity contribution < 1.29 is 9.53 Å². The standard InChI is InChI=1S/C19H22N2O2.ClH/c1-12-3-8-15(20)11-17(12)19(22)21-18(13-4-5-13)14-6-9-16(23-2)10-7-14;/h3,6-11,13,18H,4-5,20H2,1-2H3,(H,21,22);1H. The summed E-state index contributed by atoms with van der Waals surface area (Å²) >= 11 is 0. The molecule has 5 heteroatoms. The Hall–Kier alpha value is -2.20. The summed E-state index contributed by atoms with van der Waals surface area (Å²) in [6, 6.07) is 13.4. The lowest BCUT2D eigenvalue weighted by molar-refractivity contribution is 0.0931. The van der Waals surface area contributed by atoms with Crippen molar-refractivity contribution in [3.05, 3.63) is 59.2 Å². The molecule has 1 saturated carbocycles. The number of aryl methyl sites for hydroxylation is 1. The van der Waals surface area contributed by atoms with Crippen LogP contribution in [-0.4, -0.2) is 13.0 Å². The molecule has 0 aromatic heterocycles. The van der Waals surface area contributed by atoms with Crippen molar-refractivity contribution in [3.8, 4) is 5.75 Å². The first-order valence-electron chi connectivity index (χ1n) is 7.89. The lowest BCUT2D eigenvalue weighted by atomic mass is 10.0. The zero-order chi connectivity index (χ0) is 16.4. The van der Waals surface area contributed by atoms with E-state index in [0.29, 0.717) is 17.2 Å². The lowest BCUT2D eigenvalue weighted by Gasteiger charge is -2.20. The van der Waals surface area contributed by atoms with E-state index in [-0.39, 0.29) is 24.4 Å². The molecule has 0 spiro atoms. The third-order valence-electron chi connectivity index (χ3n) is 4.36. The molecule has 4 nitrogen and oxygen atoms in total. The number of rotatable bonds is 5. The fourth-order valence-electron chi connectivity index (χ4n) is 2.82. The number of nitrogens with one attached hydrogen (secondary N) is 1. The number of hydrogen-bond acceptors (Lipinski definition) is 3. The van der Waals surface area contributed by atoms with Gasteiger partial charge in [0.1, 0.15) is 5.75 Å². The average Bonchev–Trinajstić information content (AvgIpc) is 3.39. The van der Waals surface area contributed by atoms with Crippen LogP contribution in [0.3, 0.4) is 0 Å². The third kappa shape index (κ3) is 4.01. The van der Waals surface area contributed by atoms with Gasteiger partial charge in [-0.3, -0.25) is 4.79 Å². The Bertz CT molecular complexity index is 712. The van der Waals surface area contributed by atoms with Gasteiger partial charge in [0.2, 0.25) is 0 Å². The molecule has 2 aromatic carbocycles. The summed E-state index contributed by atoms with van der Waals surface area (Å²) < 4.78 is 5.20. The van der Waals surface area contributed by atoms with Crippen molar-refractivity contribution in [2.75, 3.05) is 12.8 Å². The van der Waals surface area contributed by atoms with Gasteiger partial charge in [-0.25, -0.2) is 0 Å². The van der Waals surface area contributed by atoms with Gasteiger partial charge in [-0.2, -0.15) is 0 Å². The van der Waals surface area contributed by atoms with Crippen LogP contribution in [-0.2, 0) is 0 Å². The lowest BCUT2D eigenvalue weighted by Crippen LogP contribution is -2.30. The third-order valence-corrected chi connectivity index (χ3v) is 4.36. The maximum absolute atomic E-state index is 12.7. The molecule has 2 aromatic rings. The Labute approximate surface area is 148 Å². The Morgan fingerprint density at radius 2 is 1.88 bits per heavy atom. The molecule has 0 radical (unpaired) electrons. The van der Waals surface area contributed by atoms with E-state index in [4.69, 9.17) is 10.5 Å². The molecule has 3 N–H and O–H groups in total. The van der Waals surface area contributed by atoms with E-state index in [9.17, 15) is 4.79 Å². The summed E-state index contributed by atoms with van der Waals surface area (Å²) in [5.41, 5.74) is 9.11. The Morgan fingerprint density at radius 1 is 1.21 bits per heavy atom. The topological polar surface area (TPSA) is 64.3 Å².